The van der Waals surface area contributed by atoms with Crippen LogP contribution in [0.1, 0.15) is 11.5 Å². The molecule has 0 aliphatic heterocycles. The summed E-state index contributed by atoms with van der Waals surface area (Å²) in [4.78, 5) is 7.21. The first-order chi connectivity index (χ1) is 8.74. The maximum Gasteiger partial charge on any atom is 0.228 e. The summed E-state index contributed by atoms with van der Waals surface area (Å²) in [6.07, 6.45) is 2.09. The first kappa shape index (κ1) is 11.2. The van der Waals surface area contributed by atoms with Gasteiger partial charge in [-0.15, -0.1) is 0 Å². The van der Waals surface area contributed by atoms with Gasteiger partial charge in [-0.05, 0) is 36.8 Å². The van der Waals surface area contributed by atoms with Gasteiger partial charge in [0.05, 0.1) is 11.0 Å². The first-order valence-electron chi connectivity index (χ1n) is 5.69. The monoisotopic (exact) mass is 260 g/mol. The Kier molecular flexibility index (Phi) is 2.71. The molecule has 5 nitrogen and oxygen atoms in total. The van der Waals surface area contributed by atoms with Crippen molar-refractivity contribution in [1.82, 2.24) is 19.7 Å². The van der Waals surface area contributed by atoms with E-state index in [1.165, 1.54) is 11.9 Å². The van der Waals surface area contributed by atoms with Crippen LogP contribution in [0.4, 0.5) is 0 Å². The van der Waals surface area contributed by atoms with Gasteiger partial charge in [0.2, 0.25) is 5.89 Å². The molecule has 1 aromatic carbocycles. The van der Waals surface area contributed by atoms with Crippen LogP contribution in [0, 0.1) is 11.7 Å². The van der Waals surface area contributed by atoms with Crippen molar-refractivity contribution < 1.29 is 4.52 Å². The van der Waals surface area contributed by atoms with Crippen LogP contribution >= 0.6 is 12.2 Å². The maximum absolute atomic E-state index is 5.33. The second-order valence-corrected chi connectivity index (χ2v) is 4.57. The van der Waals surface area contributed by atoms with Gasteiger partial charge in [0.25, 0.3) is 0 Å². The highest BCUT2D eigenvalue weighted by molar-refractivity contribution is 7.71. The molecule has 0 amide bonds. The van der Waals surface area contributed by atoms with E-state index < -0.39 is 0 Å². The van der Waals surface area contributed by atoms with Crippen LogP contribution in [0.2, 0.25) is 0 Å². The standard InChI is InChI=1S/C12H12N4OS/c1-8-2-3-10-9(6-8)15-12(18)16(10)5-4-11-13-7-14-17-11/h2-3,6-7H,4-5H2,1H3,(H,15,18). The molecule has 1 N–H and O–H groups in total. The minimum atomic E-state index is 0.623. The highest BCUT2D eigenvalue weighted by Gasteiger charge is 2.06. The fourth-order valence-corrected chi connectivity index (χ4v) is 2.31. The molecule has 0 fully saturated rings. The van der Waals surface area contributed by atoms with Gasteiger partial charge in [0.1, 0.15) is 0 Å². The summed E-state index contributed by atoms with van der Waals surface area (Å²) in [7, 11) is 0. The van der Waals surface area contributed by atoms with E-state index in [0.717, 1.165) is 22.3 Å². The minimum Gasteiger partial charge on any atom is -0.340 e. The molecule has 0 bridgehead atoms. The lowest BCUT2D eigenvalue weighted by molar-refractivity contribution is 0.371. The zero-order valence-corrected chi connectivity index (χ0v) is 10.7. The van der Waals surface area contributed by atoms with Gasteiger partial charge in [-0.2, -0.15) is 4.98 Å². The number of aromatic amines is 1. The Labute approximate surface area is 108 Å². The number of H-pyrrole nitrogens is 1. The van der Waals surface area contributed by atoms with Crippen molar-refractivity contribution in [3.63, 3.8) is 0 Å². The van der Waals surface area contributed by atoms with Crippen molar-refractivity contribution in [2.24, 2.45) is 0 Å². The van der Waals surface area contributed by atoms with E-state index in [9.17, 15) is 0 Å². The first-order valence-corrected chi connectivity index (χ1v) is 6.09. The number of fused-ring (bicyclic) bond motifs is 1. The topological polar surface area (TPSA) is 59.6 Å². The minimum absolute atomic E-state index is 0.623. The average molecular weight is 260 g/mol. The van der Waals surface area contributed by atoms with Crippen molar-refractivity contribution in [2.45, 2.75) is 19.9 Å². The van der Waals surface area contributed by atoms with E-state index in [4.69, 9.17) is 16.7 Å². The van der Waals surface area contributed by atoms with E-state index >= 15 is 0 Å². The Morgan fingerprint density at radius 3 is 3.11 bits per heavy atom. The molecule has 0 unspecified atom stereocenters. The molecule has 6 heteroatoms. The van der Waals surface area contributed by atoms with Crippen LogP contribution in [0.5, 0.6) is 0 Å². The smallest absolute Gasteiger partial charge is 0.228 e. The second kappa shape index (κ2) is 4.38. The van der Waals surface area contributed by atoms with Crippen LogP contribution in [-0.2, 0) is 13.0 Å². The van der Waals surface area contributed by atoms with Crippen LogP contribution in [0.25, 0.3) is 11.0 Å². The molecule has 18 heavy (non-hydrogen) atoms. The number of aromatic nitrogens is 4. The van der Waals surface area contributed by atoms with E-state index in [-0.39, 0.29) is 0 Å². The summed E-state index contributed by atoms with van der Waals surface area (Å²) in [5.41, 5.74) is 3.37. The van der Waals surface area contributed by atoms with Crippen LogP contribution in [-0.4, -0.2) is 19.7 Å². The normalized spacial score (nSPS) is 11.2. The summed E-state index contributed by atoms with van der Waals surface area (Å²) in [6, 6.07) is 6.24. The average Bonchev–Trinajstić information content (AvgIpc) is 2.93. The Morgan fingerprint density at radius 2 is 2.33 bits per heavy atom. The molecule has 0 aliphatic rings. The van der Waals surface area contributed by atoms with Gasteiger partial charge < -0.3 is 14.1 Å². The van der Waals surface area contributed by atoms with Crippen molar-refractivity contribution in [3.8, 4) is 0 Å². The van der Waals surface area contributed by atoms with Gasteiger partial charge in [0, 0.05) is 13.0 Å². The largest absolute Gasteiger partial charge is 0.340 e. The summed E-state index contributed by atoms with van der Waals surface area (Å²) in [5.74, 6) is 0.623. The van der Waals surface area contributed by atoms with Crippen LogP contribution in [0.15, 0.2) is 29.0 Å². The Hall–Kier alpha value is -1.95. The lowest BCUT2D eigenvalue weighted by atomic mass is 10.2. The maximum atomic E-state index is 5.33. The molecule has 3 rings (SSSR count). The van der Waals surface area contributed by atoms with Crippen LogP contribution in [0.3, 0.4) is 0 Å². The third-order valence-corrected chi connectivity index (χ3v) is 3.21. The molecule has 0 atom stereocenters. The number of nitrogens with zero attached hydrogens (tertiary/aromatic N) is 3. The van der Waals surface area contributed by atoms with Gasteiger partial charge in [0.15, 0.2) is 11.1 Å². The summed E-state index contributed by atoms with van der Waals surface area (Å²) >= 11 is 5.33. The van der Waals surface area contributed by atoms with Crippen molar-refractivity contribution in [3.05, 3.63) is 40.8 Å². The summed E-state index contributed by atoms with van der Waals surface area (Å²) in [6.45, 7) is 2.79. The quantitative estimate of drug-likeness (QED) is 0.735. The number of hydrogen-bond acceptors (Lipinski definition) is 4. The van der Waals surface area contributed by atoms with Crippen molar-refractivity contribution >= 4 is 23.3 Å². The number of aryl methyl sites for hydroxylation is 3. The molecule has 0 saturated heterocycles. The summed E-state index contributed by atoms with van der Waals surface area (Å²) in [5, 5.41) is 3.59. The van der Waals surface area contributed by atoms with Gasteiger partial charge in [-0.1, -0.05) is 11.2 Å². The molecule has 0 radical (unpaired) electrons. The zero-order chi connectivity index (χ0) is 12.5. The SMILES string of the molecule is Cc1ccc2c(c1)[nH]c(=S)n2CCc1ncno1. The highest BCUT2D eigenvalue weighted by Crippen LogP contribution is 2.16. The van der Waals surface area contributed by atoms with Crippen molar-refractivity contribution in [2.75, 3.05) is 0 Å². The Bertz CT molecular complexity index is 726. The fraction of sp³-hybridized carbons (Fsp3) is 0.250. The number of rotatable bonds is 3. The highest BCUT2D eigenvalue weighted by atomic mass is 32.1. The third-order valence-electron chi connectivity index (χ3n) is 2.89. The van der Waals surface area contributed by atoms with Gasteiger partial charge in [-0.25, -0.2) is 0 Å². The third kappa shape index (κ3) is 1.95. The molecule has 0 spiro atoms. The lowest BCUT2D eigenvalue weighted by Crippen LogP contribution is -2.01. The van der Waals surface area contributed by atoms with Crippen LogP contribution < -0.4 is 0 Å². The summed E-state index contributed by atoms with van der Waals surface area (Å²) < 4.78 is 7.75. The molecule has 92 valence electrons. The fourth-order valence-electron chi connectivity index (χ4n) is 2.01. The van der Waals surface area contributed by atoms with E-state index in [0.29, 0.717) is 12.3 Å². The molecule has 2 heterocycles. The molecular formula is C12H12N4OS. The zero-order valence-electron chi connectivity index (χ0n) is 9.88. The van der Waals surface area contributed by atoms with Gasteiger partial charge in [-0.3, -0.25) is 0 Å². The second-order valence-electron chi connectivity index (χ2n) is 4.19. The number of benzene rings is 1. The van der Waals surface area contributed by atoms with Gasteiger partial charge >= 0.3 is 0 Å². The number of imidazole rings is 1. The predicted octanol–water partition coefficient (Wildman–Crippen LogP) is 2.63. The van der Waals surface area contributed by atoms with E-state index in [1.54, 1.807) is 0 Å². The Balaban J connectivity index is 1.96. The molecule has 3 aromatic rings. The molecular weight excluding hydrogens is 248 g/mol. The number of nitrogens with one attached hydrogen (secondary N) is 1. The van der Waals surface area contributed by atoms with E-state index in [1.807, 2.05) is 4.57 Å². The van der Waals surface area contributed by atoms with Crippen molar-refractivity contribution in [1.29, 1.82) is 0 Å². The lowest BCUT2D eigenvalue weighted by Gasteiger charge is -2.02. The Morgan fingerprint density at radius 1 is 1.44 bits per heavy atom. The predicted molar refractivity (Wildman–Crippen MR) is 69.9 cm³/mol. The number of hydrogen-bond donors (Lipinski definition) is 1. The van der Waals surface area contributed by atoms with E-state index in [2.05, 4.69) is 40.2 Å². The molecule has 0 saturated carbocycles. The molecule has 0 aliphatic carbocycles. The molecule has 2 aromatic heterocycles.